The molecule has 0 radical (unpaired) electrons. The Hall–Kier alpha value is -4.25. The molecule has 0 bridgehead atoms. The van der Waals surface area contributed by atoms with Crippen molar-refractivity contribution in [3.63, 3.8) is 0 Å². The minimum atomic E-state index is -4.58. The number of aliphatic hydroxyl groups excluding tert-OH is 1. The fourth-order valence-electron chi connectivity index (χ4n) is 5.03. The number of aryl methyl sites for hydroxylation is 1. The van der Waals surface area contributed by atoms with Gasteiger partial charge in [-0.15, -0.1) is 10.2 Å². The van der Waals surface area contributed by atoms with Crippen LogP contribution >= 0.6 is 0 Å². The standard InChI is InChI=1S/C28H25F3N6O2/c1-15-8-23(15)33-24-10-17(18-7-6-16(13-38)9-20(18)26-35-32-14-36(26)2)11-25(34-24)37-12-21-19(27(37)39)4-3-5-22(21)28(29,30)31/h3-7,9-11,14-15,23,38H,8,12-13H2,1-2H3,(H,33,34)/t15-,23-/m0/s1. The molecule has 39 heavy (non-hydrogen) atoms. The van der Waals surface area contributed by atoms with Crippen LogP contribution in [0.2, 0.25) is 0 Å². The molecule has 0 spiro atoms. The molecule has 1 saturated carbocycles. The highest BCUT2D eigenvalue weighted by molar-refractivity contribution is 6.10. The molecule has 0 saturated heterocycles. The van der Waals surface area contributed by atoms with Gasteiger partial charge in [-0.1, -0.05) is 25.1 Å². The lowest BCUT2D eigenvalue weighted by Gasteiger charge is -2.19. The van der Waals surface area contributed by atoms with E-state index in [4.69, 9.17) is 0 Å². The van der Waals surface area contributed by atoms with Gasteiger partial charge in [-0.05, 0) is 64.9 Å². The molecule has 3 heterocycles. The summed E-state index contributed by atoms with van der Waals surface area (Å²) in [5, 5.41) is 21.4. The second-order valence-electron chi connectivity index (χ2n) is 10.1. The highest BCUT2D eigenvalue weighted by Gasteiger charge is 2.40. The molecule has 2 atom stereocenters. The number of hydrogen-bond acceptors (Lipinski definition) is 6. The van der Waals surface area contributed by atoms with Gasteiger partial charge in [0.15, 0.2) is 5.82 Å². The van der Waals surface area contributed by atoms with Gasteiger partial charge in [-0.25, -0.2) is 4.98 Å². The zero-order chi connectivity index (χ0) is 27.5. The first-order valence-corrected chi connectivity index (χ1v) is 12.5. The van der Waals surface area contributed by atoms with Crippen molar-refractivity contribution in [3.05, 3.63) is 77.1 Å². The van der Waals surface area contributed by atoms with Crippen LogP contribution in [0.3, 0.4) is 0 Å². The molecule has 1 fully saturated rings. The van der Waals surface area contributed by atoms with Gasteiger partial charge in [-0.2, -0.15) is 13.2 Å². The number of pyridine rings is 1. The fraction of sp³-hybridized carbons (Fsp3) is 0.286. The third-order valence-electron chi connectivity index (χ3n) is 7.33. The molecule has 2 aromatic carbocycles. The zero-order valence-corrected chi connectivity index (χ0v) is 21.2. The van der Waals surface area contributed by atoms with E-state index in [9.17, 15) is 23.1 Å². The minimum Gasteiger partial charge on any atom is -0.392 e. The topological polar surface area (TPSA) is 96.2 Å². The summed E-state index contributed by atoms with van der Waals surface area (Å²) < 4.78 is 42.9. The maximum Gasteiger partial charge on any atom is 0.416 e. The molecule has 6 rings (SSSR count). The van der Waals surface area contributed by atoms with Gasteiger partial charge < -0.3 is 15.0 Å². The van der Waals surface area contributed by atoms with Gasteiger partial charge in [0, 0.05) is 24.2 Å². The molecule has 8 nitrogen and oxygen atoms in total. The van der Waals surface area contributed by atoms with Gasteiger partial charge in [0.1, 0.15) is 18.0 Å². The Morgan fingerprint density at radius 3 is 2.56 bits per heavy atom. The van der Waals surface area contributed by atoms with Crippen LogP contribution in [0.5, 0.6) is 0 Å². The van der Waals surface area contributed by atoms with Crippen LogP contribution in [-0.2, 0) is 26.4 Å². The number of halogens is 3. The number of alkyl halides is 3. The second-order valence-corrected chi connectivity index (χ2v) is 10.1. The van der Waals surface area contributed by atoms with Crippen LogP contribution in [0.15, 0.2) is 54.9 Å². The monoisotopic (exact) mass is 534 g/mol. The molecule has 1 amide bonds. The van der Waals surface area contributed by atoms with Crippen molar-refractivity contribution in [3.8, 4) is 22.5 Å². The number of anilines is 2. The van der Waals surface area contributed by atoms with Crippen LogP contribution < -0.4 is 10.2 Å². The fourth-order valence-corrected chi connectivity index (χ4v) is 5.03. The normalized spacial score (nSPS) is 18.4. The van der Waals surface area contributed by atoms with Crippen molar-refractivity contribution in [1.29, 1.82) is 0 Å². The average molecular weight is 535 g/mol. The third kappa shape index (κ3) is 4.52. The Labute approximate surface area is 222 Å². The van der Waals surface area contributed by atoms with E-state index in [2.05, 4.69) is 27.4 Å². The molecule has 2 aliphatic rings. The lowest BCUT2D eigenvalue weighted by Crippen LogP contribution is -2.24. The Morgan fingerprint density at radius 1 is 1.10 bits per heavy atom. The van der Waals surface area contributed by atoms with Crippen molar-refractivity contribution in [1.82, 2.24) is 19.7 Å². The first-order valence-electron chi connectivity index (χ1n) is 12.5. The van der Waals surface area contributed by atoms with E-state index in [-0.39, 0.29) is 36.1 Å². The number of aliphatic hydroxyl groups is 1. The number of hydrogen-bond donors (Lipinski definition) is 2. The Kier molecular flexibility index (Phi) is 5.91. The third-order valence-corrected chi connectivity index (χ3v) is 7.33. The summed E-state index contributed by atoms with van der Waals surface area (Å²) in [5.74, 6) is 1.27. The van der Waals surface area contributed by atoms with Gasteiger partial charge >= 0.3 is 6.18 Å². The number of nitrogens with zero attached hydrogens (tertiary/aromatic N) is 5. The minimum absolute atomic E-state index is 0.0226. The predicted molar refractivity (Wildman–Crippen MR) is 139 cm³/mol. The summed E-state index contributed by atoms with van der Waals surface area (Å²) in [6, 6.07) is 12.9. The van der Waals surface area contributed by atoms with E-state index in [1.54, 1.807) is 23.0 Å². The van der Waals surface area contributed by atoms with E-state index in [0.717, 1.165) is 18.1 Å². The molecule has 1 aliphatic carbocycles. The summed E-state index contributed by atoms with van der Waals surface area (Å²) in [6.45, 7) is 1.71. The average Bonchev–Trinajstić information content (AvgIpc) is 3.27. The molecule has 2 aromatic heterocycles. The number of aromatic nitrogens is 4. The number of benzene rings is 2. The maximum absolute atomic E-state index is 13.7. The number of fused-ring (bicyclic) bond motifs is 1. The highest BCUT2D eigenvalue weighted by Crippen LogP contribution is 2.41. The van der Waals surface area contributed by atoms with Gasteiger partial charge in [0.05, 0.1) is 18.7 Å². The molecule has 1 aliphatic heterocycles. The molecule has 2 N–H and O–H groups in total. The lowest BCUT2D eigenvalue weighted by molar-refractivity contribution is -0.138. The van der Waals surface area contributed by atoms with E-state index in [1.807, 2.05) is 25.2 Å². The van der Waals surface area contributed by atoms with Crippen LogP contribution in [-0.4, -0.2) is 36.8 Å². The first-order chi connectivity index (χ1) is 18.6. The summed E-state index contributed by atoms with van der Waals surface area (Å²) in [6.07, 6.45) is -2.03. The van der Waals surface area contributed by atoms with Gasteiger partial charge in [0.2, 0.25) is 0 Å². The van der Waals surface area contributed by atoms with Crippen LogP contribution in [0, 0.1) is 5.92 Å². The second kappa shape index (κ2) is 9.19. The van der Waals surface area contributed by atoms with E-state index < -0.39 is 17.6 Å². The number of nitrogens with one attached hydrogen (secondary N) is 1. The van der Waals surface area contributed by atoms with Crippen LogP contribution in [0.4, 0.5) is 24.8 Å². The molecule has 200 valence electrons. The number of rotatable bonds is 6. The van der Waals surface area contributed by atoms with Crippen molar-refractivity contribution in [2.24, 2.45) is 13.0 Å². The summed E-state index contributed by atoms with van der Waals surface area (Å²) >= 11 is 0. The number of carbonyl (C=O) groups excluding carboxylic acids is 1. The molecule has 4 aromatic rings. The summed E-state index contributed by atoms with van der Waals surface area (Å²) in [4.78, 5) is 19.3. The molecule has 0 unspecified atom stereocenters. The predicted octanol–water partition coefficient (Wildman–Crippen LogP) is 5.04. The molecule has 11 heteroatoms. The Morgan fingerprint density at radius 2 is 1.90 bits per heavy atom. The van der Waals surface area contributed by atoms with Gasteiger partial charge in [-0.3, -0.25) is 9.69 Å². The first kappa shape index (κ1) is 25.1. The lowest BCUT2D eigenvalue weighted by atomic mass is 9.97. The smallest absolute Gasteiger partial charge is 0.392 e. The quantitative estimate of drug-likeness (QED) is 0.360. The number of amides is 1. The SMILES string of the molecule is C[C@H]1C[C@@H]1Nc1cc(-c2ccc(CO)cc2-c2nncn2C)cc(N2Cc3c(cccc3C(F)(F)F)C2=O)n1. The maximum atomic E-state index is 13.7. The van der Waals surface area contributed by atoms with Gasteiger partial charge in [0.25, 0.3) is 5.91 Å². The van der Waals surface area contributed by atoms with E-state index >= 15 is 0 Å². The largest absolute Gasteiger partial charge is 0.416 e. The zero-order valence-electron chi connectivity index (χ0n) is 21.2. The summed E-state index contributed by atoms with van der Waals surface area (Å²) in [5.41, 5.74) is 1.98. The molecular weight excluding hydrogens is 509 g/mol. The molecular formula is C28H25F3N6O2. The van der Waals surface area contributed by atoms with Crippen LogP contribution in [0.1, 0.15) is 40.4 Å². The van der Waals surface area contributed by atoms with E-state index in [1.165, 1.54) is 17.0 Å². The van der Waals surface area contributed by atoms with Crippen molar-refractivity contribution in [2.45, 2.75) is 38.7 Å². The van der Waals surface area contributed by atoms with Crippen molar-refractivity contribution < 1.29 is 23.1 Å². The number of carbonyl (C=O) groups is 1. The Bertz CT molecular complexity index is 1600. The van der Waals surface area contributed by atoms with Crippen LogP contribution in [0.25, 0.3) is 22.5 Å². The Balaban J connectivity index is 1.48. The summed E-state index contributed by atoms with van der Waals surface area (Å²) in [7, 11) is 1.81. The highest BCUT2D eigenvalue weighted by atomic mass is 19.4. The van der Waals surface area contributed by atoms with E-state index in [0.29, 0.717) is 34.3 Å². The van der Waals surface area contributed by atoms with Crippen molar-refractivity contribution >= 4 is 17.5 Å². The van der Waals surface area contributed by atoms with Crippen molar-refractivity contribution in [2.75, 3.05) is 10.2 Å².